The van der Waals surface area contributed by atoms with Crippen LogP contribution in [-0.4, -0.2) is 28.0 Å². The molecule has 2 rings (SSSR count). The summed E-state index contributed by atoms with van der Waals surface area (Å²) in [6.07, 6.45) is 0.717. The van der Waals surface area contributed by atoms with Crippen molar-refractivity contribution in [3.63, 3.8) is 0 Å². The topological polar surface area (TPSA) is 120 Å². The van der Waals surface area contributed by atoms with Crippen LogP contribution in [0, 0.1) is 11.8 Å². The third-order valence-electron chi connectivity index (χ3n) is 4.14. The van der Waals surface area contributed by atoms with Gasteiger partial charge in [0.15, 0.2) is 0 Å². The highest BCUT2D eigenvalue weighted by Crippen LogP contribution is 2.24. The predicted molar refractivity (Wildman–Crippen MR) is 129 cm³/mol. The van der Waals surface area contributed by atoms with Gasteiger partial charge in [0.1, 0.15) is 27.0 Å². The number of rotatable bonds is 7. The van der Waals surface area contributed by atoms with Gasteiger partial charge in [-0.25, -0.2) is 14.1 Å². The van der Waals surface area contributed by atoms with Gasteiger partial charge in [0, 0.05) is 6.21 Å². The Balaban J connectivity index is 2.27. The second kappa shape index (κ2) is 11.2. The van der Waals surface area contributed by atoms with Crippen LogP contribution in [0.25, 0.3) is 0 Å². The maximum absolute atomic E-state index is 13.1. The lowest BCUT2D eigenvalue weighted by molar-refractivity contribution is -0.119. The predicted octanol–water partition coefficient (Wildman–Crippen LogP) is 5.37. The molecule has 0 aliphatic carbocycles. The maximum atomic E-state index is 13.1. The van der Waals surface area contributed by atoms with E-state index >= 15 is 0 Å². The van der Waals surface area contributed by atoms with Gasteiger partial charge >= 0.3 is 6.09 Å². The van der Waals surface area contributed by atoms with Gasteiger partial charge in [-0.05, 0) is 63.4 Å². The van der Waals surface area contributed by atoms with E-state index in [-0.39, 0.29) is 10.8 Å². The van der Waals surface area contributed by atoms with Crippen LogP contribution in [0.3, 0.4) is 0 Å². The molecule has 178 valence electrons. The molecule has 0 spiro atoms. The van der Waals surface area contributed by atoms with Crippen molar-refractivity contribution in [2.24, 2.45) is 26.3 Å². The Bertz CT molecular complexity index is 1110. The van der Waals surface area contributed by atoms with E-state index in [1.165, 1.54) is 18.3 Å². The van der Waals surface area contributed by atoms with Gasteiger partial charge < -0.3 is 9.47 Å². The molecule has 2 unspecified atom stereocenters. The average Bonchev–Trinajstić information content (AvgIpc) is 2.70. The number of aliphatic imine (C=N–C) groups is 1. The van der Waals surface area contributed by atoms with Crippen LogP contribution in [0.1, 0.15) is 41.0 Å². The number of nitrogens with two attached hydrogens (primary N) is 1. The second-order valence-corrected chi connectivity index (χ2v) is 10.7. The Morgan fingerprint density at radius 2 is 1.70 bits per heavy atom. The average molecular weight is 474 g/mol. The molecule has 0 heterocycles. The van der Waals surface area contributed by atoms with E-state index in [9.17, 15) is 13.8 Å². The molecule has 2 N–H and O–H groups in total. The van der Waals surface area contributed by atoms with E-state index in [4.69, 9.17) is 14.6 Å². The fourth-order valence-corrected chi connectivity index (χ4v) is 3.84. The molecule has 0 saturated carbocycles. The quantitative estimate of drug-likeness (QED) is 0.542. The molecule has 2 aromatic carbocycles. The number of carbonyl (C=O) groups excluding carboxylic acids is 2. The molecule has 2 aromatic rings. The van der Waals surface area contributed by atoms with E-state index in [1.807, 2.05) is 32.0 Å². The van der Waals surface area contributed by atoms with Crippen molar-refractivity contribution in [3.05, 3.63) is 54.6 Å². The Morgan fingerprint density at radius 1 is 1.06 bits per heavy atom. The van der Waals surface area contributed by atoms with Gasteiger partial charge in [-0.3, -0.25) is 4.79 Å². The molecular formula is C24H31N3O5S. The monoisotopic (exact) mass is 473 g/mol. The molecule has 33 heavy (non-hydrogen) atoms. The van der Waals surface area contributed by atoms with E-state index in [0.29, 0.717) is 17.9 Å². The zero-order valence-corrected chi connectivity index (χ0v) is 20.4. The summed E-state index contributed by atoms with van der Waals surface area (Å²) in [5, 5.41) is 5.96. The fraction of sp³-hybridized carbons (Fsp3) is 0.375. The van der Waals surface area contributed by atoms with Crippen LogP contribution in [0.4, 0.5) is 4.79 Å². The summed E-state index contributed by atoms with van der Waals surface area (Å²) in [6, 6.07) is 15.4. The highest BCUT2D eigenvalue weighted by Gasteiger charge is 2.22. The van der Waals surface area contributed by atoms with Crippen LogP contribution >= 0.6 is 0 Å². The minimum absolute atomic E-state index is 0.0932. The first-order valence-corrected chi connectivity index (χ1v) is 12.1. The number of hydrogen-bond donors (Lipinski definition) is 1. The number of nitrogens with zero attached hydrogens (tertiary/aromatic N) is 2. The lowest BCUT2D eigenvalue weighted by Crippen LogP contribution is -2.24. The van der Waals surface area contributed by atoms with Gasteiger partial charge in [0.2, 0.25) is 0 Å². The summed E-state index contributed by atoms with van der Waals surface area (Å²) >= 11 is 0. The first-order chi connectivity index (χ1) is 15.4. The Labute approximate surface area is 195 Å². The SMILES string of the molecule is CC(C)CC(C=NC(=O)OC(C)(C)C)C(=O)N=S(N)(=O)c1cccc(Oc2ccccc2)c1. The molecule has 0 aliphatic rings. The molecule has 9 heteroatoms. The van der Waals surface area contributed by atoms with Crippen LogP contribution < -0.4 is 9.88 Å². The van der Waals surface area contributed by atoms with Gasteiger partial charge in [0.25, 0.3) is 5.91 Å². The van der Waals surface area contributed by atoms with Crippen molar-refractivity contribution < 1.29 is 23.3 Å². The van der Waals surface area contributed by atoms with Crippen molar-refractivity contribution in [1.82, 2.24) is 0 Å². The third kappa shape index (κ3) is 9.15. The summed E-state index contributed by atoms with van der Waals surface area (Å²) in [6.45, 7) is 8.96. The second-order valence-electron chi connectivity index (χ2n) is 8.88. The lowest BCUT2D eigenvalue weighted by Gasteiger charge is -2.17. The molecule has 0 saturated heterocycles. The molecule has 0 aliphatic heterocycles. The number of amides is 2. The number of benzene rings is 2. The summed E-state index contributed by atoms with van der Waals surface area (Å²) in [5.74, 6) is -0.495. The number of ether oxygens (including phenoxy) is 2. The fourth-order valence-electron chi connectivity index (χ4n) is 2.77. The molecule has 0 fully saturated rings. The van der Waals surface area contributed by atoms with Crippen LogP contribution in [0.2, 0.25) is 0 Å². The Hall–Kier alpha value is -3.04. The third-order valence-corrected chi connectivity index (χ3v) is 5.52. The van der Waals surface area contributed by atoms with Gasteiger partial charge in [-0.2, -0.15) is 4.99 Å². The van der Waals surface area contributed by atoms with E-state index < -0.39 is 33.4 Å². The van der Waals surface area contributed by atoms with Gasteiger partial charge in [0.05, 0.1) is 10.8 Å². The summed E-state index contributed by atoms with van der Waals surface area (Å²) in [7, 11) is -3.55. The molecule has 0 radical (unpaired) electrons. The molecule has 8 nitrogen and oxygen atoms in total. The van der Waals surface area contributed by atoms with E-state index in [0.717, 1.165) is 0 Å². The van der Waals surface area contributed by atoms with Crippen molar-refractivity contribution in [1.29, 1.82) is 0 Å². The first kappa shape index (κ1) is 26.2. The largest absolute Gasteiger partial charge is 0.457 e. The standard InChI is InChI=1S/C24H31N3O5S/c1-17(2)14-18(16-26-23(29)32-24(3,4)5)22(28)27-33(25,30)21-13-9-12-20(15-21)31-19-10-7-6-8-11-19/h6-13,15-18H,14H2,1-5H3,(H2,25,27,28,30). The normalized spacial score (nSPS) is 14.5. The number of carbonyl (C=O) groups is 2. The molecular weight excluding hydrogens is 442 g/mol. The molecule has 2 amide bonds. The van der Waals surface area contributed by atoms with Crippen molar-refractivity contribution in [3.8, 4) is 11.5 Å². The Morgan fingerprint density at radius 3 is 2.30 bits per heavy atom. The minimum Gasteiger partial charge on any atom is -0.457 e. The number of para-hydroxylation sites is 1. The lowest BCUT2D eigenvalue weighted by atomic mass is 9.98. The van der Waals surface area contributed by atoms with E-state index in [1.54, 1.807) is 45.0 Å². The zero-order valence-electron chi connectivity index (χ0n) is 19.6. The van der Waals surface area contributed by atoms with Crippen LogP contribution in [0.15, 0.2) is 68.8 Å². The zero-order chi connectivity index (χ0) is 24.6. The maximum Gasteiger partial charge on any atom is 0.433 e. The number of hydrogen-bond acceptors (Lipinski definition) is 5. The minimum atomic E-state index is -3.55. The van der Waals surface area contributed by atoms with Gasteiger partial charge in [-0.15, -0.1) is 4.36 Å². The highest BCUT2D eigenvalue weighted by atomic mass is 32.2. The first-order valence-electron chi connectivity index (χ1n) is 10.5. The molecule has 2 atom stereocenters. The van der Waals surface area contributed by atoms with E-state index in [2.05, 4.69) is 9.36 Å². The summed E-state index contributed by atoms with van der Waals surface area (Å²) in [5.41, 5.74) is -0.714. The smallest absolute Gasteiger partial charge is 0.433 e. The van der Waals surface area contributed by atoms with Crippen LogP contribution in [0.5, 0.6) is 11.5 Å². The van der Waals surface area contributed by atoms with Crippen molar-refractivity contribution in [2.45, 2.75) is 51.5 Å². The molecule has 0 bridgehead atoms. The van der Waals surface area contributed by atoms with Gasteiger partial charge in [-0.1, -0.05) is 38.1 Å². The summed E-state index contributed by atoms with van der Waals surface area (Å²) in [4.78, 5) is 28.6. The Kier molecular flexibility index (Phi) is 8.90. The summed E-state index contributed by atoms with van der Waals surface area (Å²) < 4.78 is 27.8. The molecule has 0 aromatic heterocycles. The van der Waals surface area contributed by atoms with Crippen molar-refractivity contribution >= 4 is 28.1 Å². The highest BCUT2D eigenvalue weighted by molar-refractivity contribution is 7.91. The van der Waals surface area contributed by atoms with Crippen LogP contribution in [-0.2, 0) is 19.4 Å². The van der Waals surface area contributed by atoms with Crippen molar-refractivity contribution in [2.75, 3.05) is 0 Å².